The summed E-state index contributed by atoms with van der Waals surface area (Å²) in [6.07, 6.45) is 1.63. The van der Waals surface area contributed by atoms with E-state index in [0.717, 1.165) is 5.56 Å². The molecule has 0 saturated carbocycles. The molecule has 0 aliphatic carbocycles. The van der Waals surface area contributed by atoms with Gasteiger partial charge in [0, 0.05) is 23.9 Å². The maximum absolute atomic E-state index is 12.6. The Morgan fingerprint density at radius 3 is 2.42 bits per heavy atom. The maximum atomic E-state index is 12.6. The summed E-state index contributed by atoms with van der Waals surface area (Å²) >= 11 is 0. The molecule has 2 N–H and O–H groups in total. The molecule has 2 amide bonds. The lowest BCUT2D eigenvalue weighted by Gasteiger charge is -2.14. The number of benzene rings is 2. The van der Waals surface area contributed by atoms with E-state index in [1.165, 1.54) is 14.0 Å². The molecule has 0 aliphatic heterocycles. The first kappa shape index (κ1) is 19.1. The number of carbonyl (C=O) groups is 2. The molecule has 0 unspecified atom stereocenters. The van der Waals surface area contributed by atoms with Gasteiger partial charge in [-0.1, -0.05) is 18.7 Å². The van der Waals surface area contributed by atoms with Crippen molar-refractivity contribution in [3.8, 4) is 11.5 Å². The van der Waals surface area contributed by atoms with Gasteiger partial charge in [-0.15, -0.1) is 0 Å². The highest BCUT2D eigenvalue weighted by Crippen LogP contribution is 2.29. The molecule has 6 heteroatoms. The Hall–Kier alpha value is -3.28. The molecular formula is C20H22N2O4. The van der Waals surface area contributed by atoms with Crippen LogP contribution in [0.1, 0.15) is 22.8 Å². The van der Waals surface area contributed by atoms with E-state index < -0.39 is 0 Å². The molecule has 0 radical (unpaired) electrons. The Balaban J connectivity index is 2.22. The van der Waals surface area contributed by atoms with Crippen LogP contribution in [0.15, 0.2) is 49.1 Å². The average molecular weight is 354 g/mol. The Morgan fingerprint density at radius 1 is 1.12 bits per heavy atom. The summed E-state index contributed by atoms with van der Waals surface area (Å²) in [5.74, 6) is 0.536. The number of anilines is 2. The van der Waals surface area contributed by atoms with Crippen LogP contribution in [0.25, 0.3) is 0 Å². The van der Waals surface area contributed by atoms with Gasteiger partial charge in [-0.2, -0.15) is 0 Å². The molecular weight excluding hydrogens is 332 g/mol. The smallest absolute Gasteiger partial charge is 0.255 e. The Kier molecular flexibility index (Phi) is 6.38. The van der Waals surface area contributed by atoms with Crippen molar-refractivity contribution in [2.24, 2.45) is 0 Å². The molecule has 2 aromatic carbocycles. The lowest BCUT2D eigenvalue weighted by Crippen LogP contribution is -2.14. The van der Waals surface area contributed by atoms with Gasteiger partial charge in [-0.3, -0.25) is 9.59 Å². The van der Waals surface area contributed by atoms with Gasteiger partial charge in [0.05, 0.1) is 7.11 Å². The lowest BCUT2D eigenvalue weighted by atomic mass is 10.1. The first-order chi connectivity index (χ1) is 12.5. The Morgan fingerprint density at radius 2 is 1.81 bits per heavy atom. The number of ether oxygens (including phenoxy) is 2. The second-order valence-electron chi connectivity index (χ2n) is 5.58. The maximum Gasteiger partial charge on any atom is 0.255 e. The van der Waals surface area contributed by atoms with Crippen LogP contribution in [-0.2, 0) is 4.79 Å². The Labute approximate surface area is 152 Å². The highest BCUT2D eigenvalue weighted by atomic mass is 16.5. The highest BCUT2D eigenvalue weighted by Gasteiger charge is 2.13. The number of nitrogens with one attached hydrogen (secondary N) is 2. The van der Waals surface area contributed by atoms with Crippen molar-refractivity contribution >= 4 is 23.2 Å². The number of hydrogen-bond acceptors (Lipinski definition) is 4. The normalized spacial score (nSPS) is 9.96. The van der Waals surface area contributed by atoms with Gasteiger partial charge < -0.3 is 20.1 Å². The summed E-state index contributed by atoms with van der Waals surface area (Å²) < 4.78 is 10.8. The molecule has 0 aromatic heterocycles. The summed E-state index contributed by atoms with van der Waals surface area (Å²) in [6.45, 7) is 7.21. The zero-order valence-electron chi connectivity index (χ0n) is 15.1. The van der Waals surface area contributed by atoms with E-state index in [1.807, 2.05) is 6.92 Å². The van der Waals surface area contributed by atoms with Crippen molar-refractivity contribution in [1.29, 1.82) is 0 Å². The number of carbonyl (C=O) groups excluding carboxylic acids is 2. The van der Waals surface area contributed by atoms with Crippen LogP contribution in [0.3, 0.4) is 0 Å². The molecule has 2 rings (SSSR count). The zero-order valence-corrected chi connectivity index (χ0v) is 15.1. The molecule has 0 heterocycles. The van der Waals surface area contributed by atoms with Crippen molar-refractivity contribution in [3.63, 3.8) is 0 Å². The summed E-state index contributed by atoms with van der Waals surface area (Å²) in [5, 5.41) is 5.59. The van der Waals surface area contributed by atoms with Crippen LogP contribution >= 0.6 is 0 Å². The standard InChI is InChI=1S/C20H22N2O4/c1-5-11-26-18-10-9-15(12-19(18)25-4)20(24)22-17-8-6-7-16(13(17)2)21-14(3)23/h5-10,12H,1,11H2,2-4H3,(H,21,23)(H,22,24). The van der Waals surface area contributed by atoms with E-state index in [2.05, 4.69) is 17.2 Å². The summed E-state index contributed by atoms with van der Waals surface area (Å²) in [4.78, 5) is 23.8. The SMILES string of the molecule is C=CCOc1ccc(C(=O)Nc2cccc(NC(C)=O)c2C)cc1OC. The predicted molar refractivity (Wildman–Crippen MR) is 102 cm³/mol. The fraction of sp³-hybridized carbons (Fsp3) is 0.200. The molecule has 0 atom stereocenters. The molecule has 26 heavy (non-hydrogen) atoms. The average Bonchev–Trinajstić information content (AvgIpc) is 2.62. The molecule has 0 bridgehead atoms. The molecule has 0 saturated heterocycles. The third-order valence-electron chi connectivity index (χ3n) is 3.68. The number of rotatable bonds is 7. The molecule has 136 valence electrons. The van der Waals surface area contributed by atoms with Crippen LogP contribution in [-0.4, -0.2) is 25.5 Å². The highest BCUT2D eigenvalue weighted by molar-refractivity contribution is 6.05. The first-order valence-corrected chi connectivity index (χ1v) is 8.06. The topological polar surface area (TPSA) is 76.7 Å². The Bertz CT molecular complexity index is 831. The summed E-state index contributed by atoms with van der Waals surface area (Å²) in [5.41, 5.74) is 2.47. The third kappa shape index (κ3) is 4.63. The minimum Gasteiger partial charge on any atom is -0.493 e. The molecule has 0 spiro atoms. The third-order valence-corrected chi connectivity index (χ3v) is 3.68. The predicted octanol–water partition coefficient (Wildman–Crippen LogP) is 3.78. The minimum atomic E-state index is -0.290. The van der Waals surface area contributed by atoms with E-state index in [-0.39, 0.29) is 11.8 Å². The van der Waals surface area contributed by atoms with Crippen LogP contribution in [0.2, 0.25) is 0 Å². The monoisotopic (exact) mass is 354 g/mol. The molecule has 0 aliphatic rings. The number of amides is 2. The van der Waals surface area contributed by atoms with Crippen molar-refractivity contribution < 1.29 is 19.1 Å². The van der Waals surface area contributed by atoms with Crippen LogP contribution in [0, 0.1) is 6.92 Å². The van der Waals surface area contributed by atoms with Gasteiger partial charge in [0.1, 0.15) is 6.61 Å². The van der Waals surface area contributed by atoms with Gasteiger partial charge in [0.15, 0.2) is 11.5 Å². The van der Waals surface area contributed by atoms with Crippen molar-refractivity contribution in [1.82, 2.24) is 0 Å². The molecule has 0 fully saturated rings. The van der Waals surface area contributed by atoms with E-state index in [9.17, 15) is 9.59 Å². The van der Waals surface area contributed by atoms with Gasteiger partial charge >= 0.3 is 0 Å². The molecule has 2 aromatic rings. The fourth-order valence-electron chi connectivity index (χ4n) is 2.37. The van der Waals surface area contributed by atoms with E-state index in [0.29, 0.717) is 35.0 Å². The van der Waals surface area contributed by atoms with Gasteiger partial charge in [-0.05, 0) is 42.8 Å². The summed E-state index contributed by atoms with van der Waals surface area (Å²) in [7, 11) is 1.51. The van der Waals surface area contributed by atoms with Crippen molar-refractivity contribution in [3.05, 3.63) is 60.2 Å². The zero-order chi connectivity index (χ0) is 19.1. The van der Waals surface area contributed by atoms with Gasteiger partial charge in [0.25, 0.3) is 5.91 Å². The largest absolute Gasteiger partial charge is 0.493 e. The summed E-state index contributed by atoms with van der Waals surface area (Å²) in [6, 6.07) is 10.3. The van der Waals surface area contributed by atoms with Crippen LogP contribution in [0.5, 0.6) is 11.5 Å². The minimum absolute atomic E-state index is 0.170. The van der Waals surface area contributed by atoms with Gasteiger partial charge in [-0.25, -0.2) is 0 Å². The van der Waals surface area contributed by atoms with Crippen LogP contribution < -0.4 is 20.1 Å². The van der Waals surface area contributed by atoms with Crippen molar-refractivity contribution in [2.45, 2.75) is 13.8 Å². The molecule has 6 nitrogen and oxygen atoms in total. The number of hydrogen-bond donors (Lipinski definition) is 2. The second-order valence-corrected chi connectivity index (χ2v) is 5.58. The quantitative estimate of drug-likeness (QED) is 0.742. The number of methoxy groups -OCH3 is 1. The van der Waals surface area contributed by atoms with Gasteiger partial charge in [0.2, 0.25) is 5.91 Å². The second kappa shape index (κ2) is 8.71. The van der Waals surface area contributed by atoms with E-state index in [4.69, 9.17) is 9.47 Å². The van der Waals surface area contributed by atoms with E-state index in [1.54, 1.807) is 42.5 Å². The first-order valence-electron chi connectivity index (χ1n) is 8.06. The van der Waals surface area contributed by atoms with Crippen molar-refractivity contribution in [2.75, 3.05) is 24.4 Å². The fourth-order valence-corrected chi connectivity index (χ4v) is 2.37. The van der Waals surface area contributed by atoms with E-state index >= 15 is 0 Å². The lowest BCUT2D eigenvalue weighted by molar-refractivity contribution is -0.114. The van der Waals surface area contributed by atoms with Crippen LogP contribution in [0.4, 0.5) is 11.4 Å².